The third-order valence-electron chi connectivity index (χ3n) is 3.73. The van der Waals surface area contributed by atoms with Gasteiger partial charge in [0.15, 0.2) is 0 Å². The van der Waals surface area contributed by atoms with Crippen molar-refractivity contribution in [2.24, 2.45) is 5.73 Å². The lowest BCUT2D eigenvalue weighted by atomic mass is 10.1. The highest BCUT2D eigenvalue weighted by atomic mass is 79.9. The molecule has 3 aromatic rings. The monoisotopic (exact) mass is 400 g/mol. The van der Waals surface area contributed by atoms with Crippen molar-refractivity contribution in [3.63, 3.8) is 0 Å². The molecule has 0 aliphatic carbocycles. The molecule has 0 spiro atoms. The standard InChI is InChI=1S/C19H17BrN2O3/c20-18-16-8-9-22-11-14(16)6-7-17(18)24-12-15(25-19(21)23)10-13-4-2-1-3-5-13/h1-9,11,15H,10,12H2,(H2,21,23)/t15-/m1/s1. The first kappa shape index (κ1) is 17.2. The maximum Gasteiger partial charge on any atom is 0.404 e. The van der Waals surface area contributed by atoms with E-state index in [0.717, 1.165) is 20.8 Å². The second-order valence-electron chi connectivity index (χ2n) is 5.53. The number of ether oxygens (including phenoxy) is 2. The summed E-state index contributed by atoms with van der Waals surface area (Å²) in [4.78, 5) is 15.3. The predicted molar refractivity (Wildman–Crippen MR) is 99.5 cm³/mol. The van der Waals surface area contributed by atoms with Crippen LogP contribution < -0.4 is 10.5 Å². The molecule has 0 saturated heterocycles. The van der Waals surface area contributed by atoms with E-state index in [1.165, 1.54) is 0 Å². The fourth-order valence-electron chi connectivity index (χ4n) is 2.58. The molecule has 0 saturated carbocycles. The van der Waals surface area contributed by atoms with Gasteiger partial charge in [-0.1, -0.05) is 30.3 Å². The van der Waals surface area contributed by atoms with Crippen molar-refractivity contribution in [3.8, 4) is 5.75 Å². The number of aromatic nitrogens is 1. The minimum absolute atomic E-state index is 0.201. The Morgan fingerprint density at radius 3 is 2.72 bits per heavy atom. The number of hydrogen-bond acceptors (Lipinski definition) is 4. The van der Waals surface area contributed by atoms with Crippen LogP contribution in [0.5, 0.6) is 5.75 Å². The van der Waals surface area contributed by atoms with Gasteiger partial charge >= 0.3 is 6.09 Å². The first-order chi connectivity index (χ1) is 12.1. The maximum atomic E-state index is 11.2. The van der Waals surface area contributed by atoms with E-state index in [1.807, 2.05) is 48.5 Å². The van der Waals surface area contributed by atoms with E-state index in [0.29, 0.717) is 12.2 Å². The van der Waals surface area contributed by atoms with Gasteiger partial charge in [-0.2, -0.15) is 0 Å². The summed E-state index contributed by atoms with van der Waals surface area (Å²) in [6.45, 7) is 0.201. The zero-order valence-corrected chi connectivity index (χ0v) is 15.0. The molecular weight excluding hydrogens is 384 g/mol. The summed E-state index contributed by atoms with van der Waals surface area (Å²) in [6.07, 6.45) is 2.76. The van der Waals surface area contributed by atoms with Crippen LogP contribution in [0, 0.1) is 0 Å². The van der Waals surface area contributed by atoms with Crippen LogP contribution in [-0.4, -0.2) is 23.8 Å². The summed E-state index contributed by atoms with van der Waals surface area (Å²) in [7, 11) is 0. The maximum absolute atomic E-state index is 11.2. The molecule has 25 heavy (non-hydrogen) atoms. The number of pyridine rings is 1. The zero-order chi connectivity index (χ0) is 17.6. The van der Waals surface area contributed by atoms with Crippen LogP contribution in [0.2, 0.25) is 0 Å². The number of carbonyl (C=O) groups excluding carboxylic acids is 1. The molecule has 0 aliphatic heterocycles. The summed E-state index contributed by atoms with van der Waals surface area (Å²) in [5.74, 6) is 0.671. The van der Waals surface area contributed by atoms with Gasteiger partial charge in [0.25, 0.3) is 0 Å². The lowest BCUT2D eigenvalue weighted by Gasteiger charge is -2.18. The lowest BCUT2D eigenvalue weighted by Crippen LogP contribution is -2.30. The first-order valence-corrected chi connectivity index (χ1v) is 8.58. The fraction of sp³-hybridized carbons (Fsp3) is 0.158. The van der Waals surface area contributed by atoms with Crippen molar-refractivity contribution in [2.45, 2.75) is 12.5 Å². The Hall–Kier alpha value is -2.60. The van der Waals surface area contributed by atoms with Gasteiger partial charge in [-0.15, -0.1) is 0 Å². The second kappa shape index (κ2) is 7.98. The van der Waals surface area contributed by atoms with Gasteiger partial charge in [0, 0.05) is 29.6 Å². The lowest BCUT2D eigenvalue weighted by molar-refractivity contribution is 0.0716. The van der Waals surface area contributed by atoms with E-state index in [2.05, 4.69) is 20.9 Å². The topological polar surface area (TPSA) is 74.4 Å². The third-order valence-corrected chi connectivity index (χ3v) is 4.55. The van der Waals surface area contributed by atoms with Gasteiger partial charge in [-0.3, -0.25) is 4.98 Å². The molecule has 1 atom stereocenters. The number of nitrogens with two attached hydrogens (primary N) is 1. The summed E-state index contributed by atoms with van der Waals surface area (Å²) < 4.78 is 11.9. The molecular formula is C19H17BrN2O3. The Bertz CT molecular complexity index is 871. The summed E-state index contributed by atoms with van der Waals surface area (Å²) in [5.41, 5.74) is 6.23. The normalized spacial score (nSPS) is 11.9. The Balaban J connectivity index is 1.74. The van der Waals surface area contributed by atoms with Crippen molar-refractivity contribution in [1.82, 2.24) is 4.98 Å². The SMILES string of the molecule is NC(=O)O[C@@H](COc1ccc2cnccc2c1Br)Cc1ccccc1. The Morgan fingerprint density at radius 1 is 1.16 bits per heavy atom. The molecule has 1 aromatic heterocycles. The van der Waals surface area contributed by atoms with E-state index >= 15 is 0 Å². The highest BCUT2D eigenvalue weighted by Crippen LogP contribution is 2.32. The molecule has 0 radical (unpaired) electrons. The van der Waals surface area contributed by atoms with Gasteiger partial charge < -0.3 is 15.2 Å². The Kier molecular flexibility index (Phi) is 5.50. The number of nitrogens with zero attached hydrogens (tertiary/aromatic N) is 1. The summed E-state index contributed by atoms with van der Waals surface area (Å²) in [5, 5.41) is 2.01. The smallest absolute Gasteiger partial charge is 0.404 e. The number of hydrogen-bond donors (Lipinski definition) is 1. The minimum Gasteiger partial charge on any atom is -0.489 e. The van der Waals surface area contributed by atoms with Crippen LogP contribution >= 0.6 is 15.9 Å². The van der Waals surface area contributed by atoms with Gasteiger partial charge in [-0.25, -0.2) is 4.79 Å². The number of benzene rings is 2. The van der Waals surface area contributed by atoms with Crippen LogP contribution in [0.25, 0.3) is 10.8 Å². The number of amides is 1. The molecule has 0 fully saturated rings. The molecule has 0 unspecified atom stereocenters. The number of halogens is 1. The van der Waals surface area contributed by atoms with Crippen LogP contribution in [0.15, 0.2) is 65.4 Å². The van der Waals surface area contributed by atoms with Crippen molar-refractivity contribution in [1.29, 1.82) is 0 Å². The van der Waals surface area contributed by atoms with Gasteiger partial charge in [0.1, 0.15) is 18.5 Å². The van der Waals surface area contributed by atoms with Crippen LogP contribution in [0.1, 0.15) is 5.56 Å². The van der Waals surface area contributed by atoms with Crippen LogP contribution in [0.3, 0.4) is 0 Å². The van der Waals surface area contributed by atoms with Gasteiger partial charge in [0.05, 0.1) is 4.47 Å². The summed E-state index contributed by atoms with van der Waals surface area (Å²) >= 11 is 3.56. The molecule has 0 aliphatic rings. The van der Waals surface area contributed by atoms with Crippen molar-refractivity contribution < 1.29 is 14.3 Å². The van der Waals surface area contributed by atoms with Crippen molar-refractivity contribution in [3.05, 3.63) is 71.0 Å². The van der Waals surface area contributed by atoms with E-state index in [-0.39, 0.29) is 6.61 Å². The van der Waals surface area contributed by atoms with E-state index in [9.17, 15) is 4.79 Å². The molecule has 1 heterocycles. The molecule has 2 aromatic carbocycles. The quantitative estimate of drug-likeness (QED) is 0.676. The molecule has 1 amide bonds. The average molecular weight is 401 g/mol. The van der Waals surface area contributed by atoms with E-state index < -0.39 is 12.2 Å². The first-order valence-electron chi connectivity index (χ1n) is 7.78. The largest absolute Gasteiger partial charge is 0.489 e. The van der Waals surface area contributed by atoms with Crippen molar-refractivity contribution in [2.75, 3.05) is 6.61 Å². The van der Waals surface area contributed by atoms with Crippen molar-refractivity contribution >= 4 is 32.8 Å². The highest BCUT2D eigenvalue weighted by Gasteiger charge is 2.16. The number of rotatable bonds is 6. The Morgan fingerprint density at radius 2 is 1.96 bits per heavy atom. The highest BCUT2D eigenvalue weighted by molar-refractivity contribution is 9.10. The van der Waals surface area contributed by atoms with Crippen LogP contribution in [0.4, 0.5) is 4.79 Å². The second-order valence-corrected chi connectivity index (χ2v) is 6.33. The van der Waals surface area contributed by atoms with Gasteiger partial charge in [0.2, 0.25) is 0 Å². The number of primary amides is 1. The molecule has 2 N–H and O–H groups in total. The number of carbonyl (C=O) groups is 1. The zero-order valence-electron chi connectivity index (χ0n) is 13.4. The molecule has 0 bridgehead atoms. The minimum atomic E-state index is -0.812. The van der Waals surface area contributed by atoms with Gasteiger partial charge in [-0.05, 0) is 39.7 Å². The average Bonchev–Trinajstić information content (AvgIpc) is 2.61. The molecule has 128 valence electrons. The molecule has 3 rings (SSSR count). The number of fused-ring (bicyclic) bond motifs is 1. The van der Waals surface area contributed by atoms with Crippen LogP contribution in [-0.2, 0) is 11.2 Å². The molecule has 5 nitrogen and oxygen atoms in total. The molecule has 6 heteroatoms. The van der Waals surface area contributed by atoms with E-state index in [1.54, 1.807) is 12.4 Å². The third kappa shape index (κ3) is 4.48. The predicted octanol–water partition coefficient (Wildman–Crippen LogP) is 4.08. The summed E-state index contributed by atoms with van der Waals surface area (Å²) in [6, 6.07) is 15.4. The Labute approximate surface area is 153 Å². The fourth-order valence-corrected chi connectivity index (χ4v) is 3.19. The van der Waals surface area contributed by atoms with E-state index in [4.69, 9.17) is 15.2 Å².